The zero-order valence-corrected chi connectivity index (χ0v) is 20.5. The maximum absolute atomic E-state index is 13.1. The van der Waals surface area contributed by atoms with Gasteiger partial charge in [-0.05, 0) is 12.1 Å². The van der Waals surface area contributed by atoms with E-state index in [2.05, 4.69) is 14.0 Å². The summed E-state index contributed by atoms with van der Waals surface area (Å²) in [7, 11) is -9.22. The third-order valence-corrected chi connectivity index (χ3v) is 7.53. The van der Waals surface area contributed by atoms with Crippen LogP contribution in [0.3, 0.4) is 0 Å². The van der Waals surface area contributed by atoms with Crippen molar-refractivity contribution in [2.75, 3.05) is 13.7 Å². The number of aromatic nitrogens is 3. The molecule has 0 bridgehead atoms. The molecule has 5 atom stereocenters. The number of para-hydroxylation sites is 1. The molecule has 2 aromatic heterocycles. The van der Waals surface area contributed by atoms with E-state index in [0.717, 1.165) is 21.4 Å². The monoisotopic (exact) mass is 565 g/mol. The van der Waals surface area contributed by atoms with Crippen molar-refractivity contribution >= 4 is 26.6 Å². The van der Waals surface area contributed by atoms with Gasteiger partial charge < -0.3 is 38.9 Å². The van der Waals surface area contributed by atoms with E-state index < -0.39 is 58.0 Å². The van der Waals surface area contributed by atoms with Gasteiger partial charge in [0.05, 0.1) is 25.6 Å². The van der Waals surface area contributed by atoms with Crippen LogP contribution in [0.25, 0.3) is 11.0 Å². The van der Waals surface area contributed by atoms with Crippen LogP contribution in [0.4, 0.5) is 0 Å². The van der Waals surface area contributed by atoms with Gasteiger partial charge in [-0.25, -0.2) is 13.9 Å². The van der Waals surface area contributed by atoms with Crippen molar-refractivity contribution in [1.82, 2.24) is 14.3 Å². The maximum atomic E-state index is 13.1. The smallest absolute Gasteiger partial charge is 0.481 e. The molecule has 1 aliphatic heterocycles. The van der Waals surface area contributed by atoms with Gasteiger partial charge in [0, 0.05) is 12.3 Å². The summed E-state index contributed by atoms with van der Waals surface area (Å²) in [6.45, 7) is -1.28. The number of rotatable bonds is 9. The maximum Gasteiger partial charge on any atom is 0.481 e. The molecular weight excluding hydrogens is 544 g/mol. The number of aliphatic hydroxyl groups excluding tert-OH is 2. The van der Waals surface area contributed by atoms with Gasteiger partial charge in [-0.15, -0.1) is 0 Å². The lowest BCUT2D eigenvalue weighted by Gasteiger charge is -2.19. The summed E-state index contributed by atoms with van der Waals surface area (Å²) in [6.07, 6.45) is -5.62. The van der Waals surface area contributed by atoms with Gasteiger partial charge in [0.2, 0.25) is 5.58 Å². The summed E-state index contributed by atoms with van der Waals surface area (Å²) in [5.41, 5.74) is -1.14. The van der Waals surface area contributed by atoms with Gasteiger partial charge in [-0.2, -0.15) is 4.31 Å². The highest BCUT2D eigenvalue weighted by molar-refractivity contribution is 7.60. The number of hydrogen-bond acceptors (Lipinski definition) is 12. The molecule has 3 aromatic rings. The van der Waals surface area contributed by atoms with Crippen LogP contribution in [-0.2, 0) is 29.2 Å². The zero-order chi connectivity index (χ0) is 27.1. The van der Waals surface area contributed by atoms with Crippen molar-refractivity contribution in [3.63, 3.8) is 0 Å². The van der Waals surface area contributed by atoms with Crippen LogP contribution >= 0.6 is 15.6 Å². The number of phosphoric acid groups is 2. The normalized spacial score (nSPS) is 23.8. The molecule has 37 heavy (non-hydrogen) atoms. The van der Waals surface area contributed by atoms with E-state index in [4.69, 9.17) is 23.8 Å². The highest BCUT2D eigenvalue weighted by Gasteiger charge is 2.46. The lowest BCUT2D eigenvalue weighted by molar-refractivity contribution is -0.0547. The quantitative estimate of drug-likeness (QED) is 0.197. The third-order valence-electron chi connectivity index (χ3n) is 5.38. The Labute approximate surface area is 205 Å². The second-order valence-electron chi connectivity index (χ2n) is 7.78. The number of ether oxygens (including phenoxy) is 2. The second-order valence-corrected chi connectivity index (χ2v) is 10.6. The van der Waals surface area contributed by atoms with Crippen molar-refractivity contribution in [3.05, 3.63) is 57.0 Å². The molecule has 0 radical (unpaired) electrons. The van der Waals surface area contributed by atoms with Crippen LogP contribution in [0.1, 0.15) is 11.9 Å². The molecule has 19 heteroatoms. The van der Waals surface area contributed by atoms with Gasteiger partial charge >= 0.3 is 21.3 Å². The fourth-order valence-electron chi connectivity index (χ4n) is 3.70. The van der Waals surface area contributed by atoms with Crippen LogP contribution in [0.5, 0.6) is 5.75 Å². The van der Waals surface area contributed by atoms with E-state index >= 15 is 0 Å². The summed E-state index contributed by atoms with van der Waals surface area (Å²) in [5, 5.41) is 25.1. The first-order valence-electron chi connectivity index (χ1n) is 10.3. The first-order valence-corrected chi connectivity index (χ1v) is 13.3. The first kappa shape index (κ1) is 27.3. The molecule has 0 spiro atoms. The number of benzene rings is 1. The third kappa shape index (κ3) is 5.76. The van der Waals surface area contributed by atoms with Crippen LogP contribution in [-0.4, -0.2) is 71.2 Å². The Morgan fingerprint density at radius 3 is 2.51 bits per heavy atom. The van der Waals surface area contributed by atoms with Crippen molar-refractivity contribution in [2.45, 2.75) is 31.1 Å². The second kappa shape index (κ2) is 10.2. The van der Waals surface area contributed by atoms with Crippen molar-refractivity contribution in [2.24, 2.45) is 0 Å². The largest absolute Gasteiger partial charge is 0.493 e. The molecule has 3 heterocycles. The molecule has 1 aliphatic rings. The summed E-state index contributed by atoms with van der Waals surface area (Å²) in [4.78, 5) is 52.3. The standard InChI is InChI=1S/C18H21N3O14P2/c1-31-11-4-2-3-9-10(19-34-16(9)11)7-21-13(22)5-6-20(18(21)25)17-15(24)14(23)12(33-17)8-32-37(29,30)35-36(26,27)28/h2-6,12,14-15,17,23-24H,7-8H2,1H3,(H,29,30)(H2,26,27,28)/t12-,14+,15?,17-/m1/s1. The number of fused-ring (bicyclic) bond motifs is 1. The molecule has 17 nitrogen and oxygen atoms in total. The molecule has 202 valence electrons. The van der Waals surface area contributed by atoms with Crippen LogP contribution in [0, 0.1) is 0 Å². The minimum atomic E-state index is -5.38. The number of aliphatic hydroxyl groups is 2. The Balaban J connectivity index is 1.58. The fourth-order valence-corrected chi connectivity index (χ4v) is 5.30. The molecule has 2 unspecified atom stereocenters. The van der Waals surface area contributed by atoms with E-state index in [0.29, 0.717) is 16.7 Å². The number of methoxy groups -OCH3 is 1. The van der Waals surface area contributed by atoms with Crippen molar-refractivity contribution in [1.29, 1.82) is 0 Å². The molecule has 0 aliphatic carbocycles. The topological polar surface area (TPSA) is 242 Å². The highest BCUT2D eigenvalue weighted by atomic mass is 31.3. The van der Waals surface area contributed by atoms with Crippen molar-refractivity contribution < 1.29 is 56.9 Å². The molecule has 0 saturated carbocycles. The summed E-state index contributed by atoms with van der Waals surface area (Å²) in [6, 6.07) is 5.96. The Bertz CT molecular complexity index is 1510. The van der Waals surface area contributed by atoms with Crippen molar-refractivity contribution in [3.8, 4) is 5.75 Å². The van der Waals surface area contributed by atoms with Gasteiger partial charge in [-0.1, -0.05) is 11.2 Å². The number of hydrogen-bond donors (Lipinski definition) is 5. The van der Waals surface area contributed by atoms with Crippen LogP contribution < -0.4 is 16.0 Å². The molecule has 5 N–H and O–H groups in total. The van der Waals surface area contributed by atoms with E-state index in [1.807, 2.05) is 0 Å². The van der Waals surface area contributed by atoms with E-state index in [-0.39, 0.29) is 12.2 Å². The average molecular weight is 565 g/mol. The van der Waals surface area contributed by atoms with Gasteiger partial charge in [0.15, 0.2) is 12.0 Å². The molecule has 4 rings (SSSR count). The summed E-state index contributed by atoms with van der Waals surface area (Å²) >= 11 is 0. The molecule has 1 saturated heterocycles. The van der Waals surface area contributed by atoms with Gasteiger partial charge in [0.25, 0.3) is 5.56 Å². The molecule has 1 aromatic carbocycles. The Kier molecular flexibility index (Phi) is 7.56. The first-order chi connectivity index (χ1) is 17.3. The van der Waals surface area contributed by atoms with E-state index in [1.54, 1.807) is 18.2 Å². The molecule has 0 amide bonds. The molecule has 1 fully saturated rings. The Morgan fingerprint density at radius 2 is 1.84 bits per heavy atom. The van der Waals surface area contributed by atoms with Crippen LogP contribution in [0.2, 0.25) is 0 Å². The van der Waals surface area contributed by atoms with Crippen LogP contribution in [0.15, 0.2) is 44.6 Å². The van der Waals surface area contributed by atoms with E-state index in [1.165, 1.54) is 7.11 Å². The lowest BCUT2D eigenvalue weighted by Crippen LogP contribution is -2.43. The lowest BCUT2D eigenvalue weighted by atomic mass is 10.1. The van der Waals surface area contributed by atoms with Gasteiger partial charge in [-0.3, -0.25) is 18.5 Å². The molecular formula is C18H21N3O14P2. The van der Waals surface area contributed by atoms with E-state index in [9.17, 15) is 33.8 Å². The number of nitrogens with zero attached hydrogens (tertiary/aromatic N) is 3. The summed E-state index contributed by atoms with van der Waals surface area (Å²) < 4.78 is 47.9. The number of phosphoric ester groups is 1. The van der Waals surface area contributed by atoms with Gasteiger partial charge in [0.1, 0.15) is 24.0 Å². The highest BCUT2D eigenvalue weighted by Crippen LogP contribution is 2.57. The minimum absolute atomic E-state index is 0.230. The zero-order valence-electron chi connectivity index (χ0n) is 18.8. The predicted octanol–water partition coefficient (Wildman–Crippen LogP) is -0.946. The predicted molar refractivity (Wildman–Crippen MR) is 119 cm³/mol. The Hall–Kier alpha value is -2.69. The SMILES string of the molecule is COc1cccc2c(Cn3c(=O)ccn([C@@H]4O[C@H](COP(=O)(O)OP(=O)(O)O)[C@H](O)C4O)c3=O)noc12. The average Bonchev–Trinajstić information content (AvgIpc) is 3.35. The fraction of sp³-hybridized carbons (Fsp3) is 0.389. The Morgan fingerprint density at radius 1 is 1.11 bits per heavy atom. The summed E-state index contributed by atoms with van der Waals surface area (Å²) in [5.74, 6) is 0.386. The minimum Gasteiger partial charge on any atom is -0.493 e.